The van der Waals surface area contributed by atoms with E-state index in [9.17, 15) is 0 Å². The van der Waals surface area contributed by atoms with Crippen LogP contribution in [0, 0.1) is 52.3 Å². The van der Waals surface area contributed by atoms with Crippen LogP contribution in [0.15, 0.2) is 5.10 Å². The van der Waals surface area contributed by atoms with Gasteiger partial charge in [-0.25, -0.2) is 0 Å². The predicted molar refractivity (Wildman–Crippen MR) is 167 cm³/mol. The Bertz CT molecular complexity index is 868. The van der Waals surface area contributed by atoms with Gasteiger partial charge in [0.25, 0.3) is 0 Å². The number of hydrazone groups is 1. The molecule has 5 fully saturated rings. The van der Waals surface area contributed by atoms with E-state index in [-0.39, 0.29) is 5.38 Å². The van der Waals surface area contributed by atoms with Gasteiger partial charge in [-0.15, -0.1) is 11.6 Å². The van der Waals surface area contributed by atoms with Gasteiger partial charge >= 0.3 is 0 Å². The van der Waals surface area contributed by atoms with Crippen LogP contribution in [-0.4, -0.2) is 22.2 Å². The summed E-state index contributed by atoms with van der Waals surface area (Å²) in [6, 6.07) is 0.523. The number of hydrogen-bond donors (Lipinski definition) is 2. The molecular formula is C33H56ClN3S. The van der Waals surface area contributed by atoms with Crippen LogP contribution in [0.5, 0.6) is 0 Å². The van der Waals surface area contributed by atoms with Crippen LogP contribution in [0.25, 0.3) is 0 Å². The summed E-state index contributed by atoms with van der Waals surface area (Å²) >= 11 is 12.5. The summed E-state index contributed by atoms with van der Waals surface area (Å²) in [5.41, 5.74) is 5.55. The molecule has 0 saturated heterocycles. The zero-order valence-electron chi connectivity index (χ0n) is 25.0. The van der Waals surface area contributed by atoms with Crippen LogP contribution in [-0.2, 0) is 0 Å². The highest BCUT2D eigenvalue weighted by Crippen LogP contribution is 2.68. The van der Waals surface area contributed by atoms with E-state index < -0.39 is 0 Å². The minimum absolute atomic E-state index is 0.287. The molecule has 38 heavy (non-hydrogen) atoms. The smallest absolute Gasteiger partial charge is 0.187 e. The van der Waals surface area contributed by atoms with Gasteiger partial charge in [-0.1, -0.05) is 66.7 Å². The molecule has 9 atom stereocenters. The van der Waals surface area contributed by atoms with E-state index in [1.807, 2.05) is 0 Å². The molecule has 5 aliphatic carbocycles. The van der Waals surface area contributed by atoms with Crippen molar-refractivity contribution in [3.8, 4) is 0 Å². The minimum atomic E-state index is 0.287. The first kappa shape index (κ1) is 29.2. The second-order valence-corrected chi connectivity index (χ2v) is 16.2. The maximum Gasteiger partial charge on any atom is 0.187 e. The van der Waals surface area contributed by atoms with Gasteiger partial charge in [-0.2, -0.15) is 5.10 Å². The van der Waals surface area contributed by atoms with E-state index in [2.05, 4.69) is 45.4 Å². The van der Waals surface area contributed by atoms with Crippen molar-refractivity contribution in [2.45, 2.75) is 142 Å². The van der Waals surface area contributed by atoms with Crippen molar-refractivity contribution >= 4 is 34.6 Å². The van der Waals surface area contributed by atoms with Crippen LogP contribution >= 0.6 is 23.8 Å². The third kappa shape index (κ3) is 5.70. The zero-order valence-corrected chi connectivity index (χ0v) is 26.6. The molecule has 2 N–H and O–H groups in total. The fourth-order valence-electron chi connectivity index (χ4n) is 10.6. The molecular weight excluding hydrogens is 506 g/mol. The van der Waals surface area contributed by atoms with E-state index in [1.54, 1.807) is 0 Å². The van der Waals surface area contributed by atoms with Gasteiger partial charge in [0.1, 0.15) is 0 Å². The number of alkyl halides is 1. The highest BCUT2D eigenvalue weighted by atomic mass is 35.5. The van der Waals surface area contributed by atoms with Crippen molar-refractivity contribution in [1.82, 2.24) is 10.7 Å². The third-order valence-electron chi connectivity index (χ3n) is 12.6. The maximum atomic E-state index is 6.83. The van der Waals surface area contributed by atoms with Gasteiger partial charge in [-0.3, -0.25) is 5.43 Å². The summed E-state index contributed by atoms with van der Waals surface area (Å²) in [4.78, 5) is 0. The van der Waals surface area contributed by atoms with Gasteiger partial charge in [-0.05, 0) is 123 Å². The molecule has 5 rings (SSSR count). The Morgan fingerprint density at radius 1 is 0.974 bits per heavy atom. The molecule has 216 valence electrons. The fraction of sp³-hybridized carbons (Fsp3) is 0.939. The summed E-state index contributed by atoms with van der Waals surface area (Å²) < 4.78 is 0. The Hall–Kier alpha value is -0.350. The molecule has 0 heterocycles. The molecule has 5 heteroatoms. The first-order valence-electron chi connectivity index (χ1n) is 16.4. The lowest BCUT2D eigenvalue weighted by Crippen LogP contribution is -2.57. The summed E-state index contributed by atoms with van der Waals surface area (Å²) in [5.74, 6) is 5.52. The average Bonchev–Trinajstić information content (AvgIpc) is 3.50. The van der Waals surface area contributed by atoms with Crippen LogP contribution in [0.3, 0.4) is 0 Å². The normalized spacial score (nSPS) is 43.0. The first-order chi connectivity index (χ1) is 18.1. The Morgan fingerprint density at radius 3 is 2.42 bits per heavy atom. The molecule has 0 aromatic carbocycles. The molecule has 0 aromatic heterocycles. The molecule has 0 unspecified atom stereocenters. The molecule has 3 nitrogen and oxygen atoms in total. The first-order valence-corrected chi connectivity index (χ1v) is 17.2. The number of halogens is 1. The molecule has 0 amide bonds. The number of nitrogens with zero attached hydrogens (tertiary/aromatic N) is 1. The van der Waals surface area contributed by atoms with Gasteiger partial charge in [0.05, 0.1) is 0 Å². The van der Waals surface area contributed by atoms with E-state index >= 15 is 0 Å². The minimum Gasteiger partial charge on any atom is -0.359 e. The van der Waals surface area contributed by atoms with Crippen LogP contribution in [0.1, 0.15) is 131 Å². The number of nitrogens with one attached hydrogen (secondary N) is 2. The lowest BCUT2D eigenvalue weighted by atomic mass is 9.44. The Balaban J connectivity index is 1.34. The molecule has 5 aliphatic rings. The van der Waals surface area contributed by atoms with E-state index in [0.717, 1.165) is 59.9 Å². The van der Waals surface area contributed by atoms with Gasteiger partial charge in [0.2, 0.25) is 0 Å². The summed E-state index contributed by atoms with van der Waals surface area (Å²) in [6.45, 7) is 12.6. The summed E-state index contributed by atoms with van der Waals surface area (Å²) in [6.07, 6.45) is 19.7. The highest BCUT2D eigenvalue weighted by Gasteiger charge is 2.62. The summed E-state index contributed by atoms with van der Waals surface area (Å²) in [7, 11) is 0. The molecule has 5 saturated carbocycles. The number of rotatable bonds is 7. The largest absolute Gasteiger partial charge is 0.359 e. The Morgan fingerprint density at radius 2 is 1.68 bits per heavy atom. The molecule has 0 aliphatic heterocycles. The number of hydrogen-bond acceptors (Lipinski definition) is 2. The number of fused-ring (bicyclic) bond motifs is 5. The van der Waals surface area contributed by atoms with Gasteiger partial charge in [0, 0.05) is 23.0 Å². The van der Waals surface area contributed by atoms with Crippen LogP contribution in [0.4, 0.5) is 0 Å². The highest BCUT2D eigenvalue weighted by molar-refractivity contribution is 7.80. The lowest BCUT2D eigenvalue weighted by Gasteiger charge is -2.61. The van der Waals surface area contributed by atoms with Crippen molar-refractivity contribution < 1.29 is 0 Å². The summed E-state index contributed by atoms with van der Waals surface area (Å²) in [5, 5.41) is 9.68. The monoisotopic (exact) mass is 561 g/mol. The third-order valence-corrected chi connectivity index (χ3v) is 13.2. The van der Waals surface area contributed by atoms with Crippen molar-refractivity contribution in [2.24, 2.45) is 57.4 Å². The van der Waals surface area contributed by atoms with E-state index in [1.165, 1.54) is 82.8 Å². The fourth-order valence-corrected chi connectivity index (χ4v) is 11.1. The lowest BCUT2D eigenvalue weighted by molar-refractivity contribution is -0.0794. The molecule has 0 bridgehead atoms. The Labute approximate surface area is 244 Å². The average molecular weight is 562 g/mol. The second kappa shape index (κ2) is 11.9. The number of thiocarbonyl (C=S) groups is 1. The SMILES string of the molecule is CC(C)CCC[C@@H](C)[C@H]1CC[C@H]2[C@@H]3C/C(=N\NC(=S)NC4CCCC4)[C@H]4C[C@@H](Cl)CC[C@]4(C)[C@H]3CC[C@]12C. The van der Waals surface area contributed by atoms with Crippen molar-refractivity contribution in [3.63, 3.8) is 0 Å². The standard InChI is InChI=1S/C33H56ClN3S/c1-21(2)9-8-10-22(3)26-13-14-27-25-20-30(36-37-31(38)35-24-11-6-7-12-24)29-19-23(34)15-17-33(29,5)28(25)16-18-32(26,27)4/h21-29H,6-20H2,1-5H3,(H2,35,37,38)/b36-30+/t22-,23+,25+,26-,27+,28+,29-,32-,33-/m1/s1. The predicted octanol–water partition coefficient (Wildman–Crippen LogP) is 9.09. The Kier molecular flexibility index (Phi) is 9.10. The van der Waals surface area contributed by atoms with Crippen molar-refractivity contribution in [2.75, 3.05) is 0 Å². The van der Waals surface area contributed by atoms with Crippen molar-refractivity contribution in [1.29, 1.82) is 0 Å². The maximum absolute atomic E-state index is 6.83. The molecule has 0 radical (unpaired) electrons. The van der Waals surface area contributed by atoms with Crippen molar-refractivity contribution in [3.05, 3.63) is 0 Å². The quantitative estimate of drug-likeness (QED) is 0.185. The molecule has 0 aromatic rings. The van der Waals surface area contributed by atoms with E-state index in [4.69, 9.17) is 28.9 Å². The van der Waals surface area contributed by atoms with Crippen LogP contribution in [0.2, 0.25) is 0 Å². The zero-order chi connectivity index (χ0) is 27.1. The van der Waals surface area contributed by atoms with E-state index in [0.29, 0.717) is 22.8 Å². The molecule has 0 spiro atoms. The van der Waals surface area contributed by atoms with Crippen LogP contribution < -0.4 is 10.7 Å². The topological polar surface area (TPSA) is 36.4 Å². The van der Waals surface area contributed by atoms with Gasteiger partial charge < -0.3 is 5.32 Å². The van der Waals surface area contributed by atoms with Gasteiger partial charge in [0.15, 0.2) is 5.11 Å². The second-order valence-electron chi connectivity index (χ2n) is 15.2.